The van der Waals surface area contributed by atoms with Crippen LogP contribution in [-0.4, -0.2) is 62.4 Å². The highest BCUT2D eigenvalue weighted by Gasteiger charge is 2.24. The molecule has 1 aliphatic rings. The van der Waals surface area contributed by atoms with Crippen LogP contribution in [0.4, 0.5) is 5.82 Å². The fraction of sp³-hybridized carbons (Fsp3) is 0.444. The van der Waals surface area contributed by atoms with Crippen molar-refractivity contribution in [2.45, 2.75) is 25.3 Å². The van der Waals surface area contributed by atoms with Gasteiger partial charge >= 0.3 is 0 Å². The van der Waals surface area contributed by atoms with E-state index in [9.17, 15) is 4.79 Å². The highest BCUT2D eigenvalue weighted by atomic mass is 79.9. The number of carbonyl (C=O) groups excluding carboxylic acids is 1. The van der Waals surface area contributed by atoms with E-state index in [-0.39, 0.29) is 12.5 Å². The van der Waals surface area contributed by atoms with Crippen LogP contribution in [0.3, 0.4) is 0 Å². The fourth-order valence-corrected chi connectivity index (χ4v) is 4.02. The van der Waals surface area contributed by atoms with Gasteiger partial charge in [-0.15, -0.1) is 0 Å². The average Bonchev–Trinajstić information content (AvgIpc) is 3.32. The third kappa shape index (κ3) is 3.37. The summed E-state index contributed by atoms with van der Waals surface area (Å²) in [6.07, 6.45) is 7.48. The number of halogens is 1. The highest BCUT2D eigenvalue weighted by molar-refractivity contribution is 9.10. The number of nitrogens with two attached hydrogens (primary N) is 1. The molecule has 0 bridgehead atoms. The van der Waals surface area contributed by atoms with Gasteiger partial charge in [0.25, 0.3) is 0 Å². The van der Waals surface area contributed by atoms with Gasteiger partial charge in [0.2, 0.25) is 5.91 Å². The number of nitrogens with one attached hydrogen (secondary N) is 1. The van der Waals surface area contributed by atoms with Crippen LogP contribution in [0.15, 0.2) is 23.1 Å². The van der Waals surface area contributed by atoms with Crippen molar-refractivity contribution in [2.75, 3.05) is 32.9 Å². The lowest BCUT2D eigenvalue weighted by molar-refractivity contribution is -0.129. The molecule has 0 aliphatic carbocycles. The first-order valence-electron chi connectivity index (χ1n) is 9.22. The molecule has 0 radical (unpaired) electrons. The zero-order valence-corrected chi connectivity index (χ0v) is 17.5. The van der Waals surface area contributed by atoms with Crippen molar-refractivity contribution in [3.63, 3.8) is 0 Å². The number of amides is 1. The summed E-state index contributed by atoms with van der Waals surface area (Å²) in [5, 5.41) is 12.1. The van der Waals surface area contributed by atoms with Gasteiger partial charge in [-0.05, 0) is 35.3 Å². The van der Waals surface area contributed by atoms with E-state index in [0.717, 1.165) is 47.2 Å². The standard InChI is InChI=1S/C18H23BrN8O/c1-25(2)14(28)10-26-9-12(7-22-26)13-8-23-27-17(20)15(19)16(24-18(13)27)11-4-3-5-21-6-11/h7-9,11,21H,3-6,10,20H2,1-2H3. The number of aromatic nitrogens is 5. The van der Waals surface area contributed by atoms with Gasteiger partial charge in [0, 0.05) is 43.9 Å². The molecule has 1 saturated heterocycles. The van der Waals surface area contributed by atoms with Gasteiger partial charge in [-0.3, -0.25) is 9.48 Å². The predicted octanol–water partition coefficient (Wildman–Crippen LogP) is 1.49. The lowest BCUT2D eigenvalue weighted by Gasteiger charge is -2.23. The number of piperidine rings is 1. The smallest absolute Gasteiger partial charge is 0.243 e. The predicted molar refractivity (Wildman–Crippen MR) is 110 cm³/mol. The number of fused-ring (bicyclic) bond motifs is 1. The monoisotopic (exact) mass is 446 g/mol. The molecule has 148 valence electrons. The summed E-state index contributed by atoms with van der Waals surface area (Å²) in [6, 6.07) is 0. The summed E-state index contributed by atoms with van der Waals surface area (Å²) >= 11 is 3.61. The van der Waals surface area contributed by atoms with E-state index >= 15 is 0 Å². The number of anilines is 1. The number of likely N-dealkylation sites (N-methyl/N-ethyl adjacent to an activating group) is 1. The van der Waals surface area contributed by atoms with Crippen molar-refractivity contribution in [1.82, 2.24) is 34.6 Å². The molecule has 0 aromatic carbocycles. The molecule has 0 saturated carbocycles. The van der Waals surface area contributed by atoms with Crippen molar-refractivity contribution in [3.8, 4) is 11.1 Å². The third-order valence-electron chi connectivity index (χ3n) is 5.07. The number of hydrogen-bond acceptors (Lipinski definition) is 6. The Bertz CT molecular complexity index is 1020. The summed E-state index contributed by atoms with van der Waals surface area (Å²) in [7, 11) is 3.45. The van der Waals surface area contributed by atoms with E-state index in [0.29, 0.717) is 17.4 Å². The summed E-state index contributed by atoms with van der Waals surface area (Å²) in [6.45, 7) is 2.11. The van der Waals surface area contributed by atoms with Gasteiger partial charge < -0.3 is 16.0 Å². The van der Waals surface area contributed by atoms with E-state index in [2.05, 4.69) is 31.4 Å². The van der Waals surface area contributed by atoms with Crippen molar-refractivity contribution >= 4 is 33.3 Å². The Kier molecular flexibility index (Phi) is 5.07. The normalized spacial score (nSPS) is 17.2. The lowest BCUT2D eigenvalue weighted by atomic mass is 9.96. The minimum Gasteiger partial charge on any atom is -0.383 e. The van der Waals surface area contributed by atoms with Gasteiger partial charge in [-0.2, -0.15) is 14.7 Å². The first-order chi connectivity index (χ1) is 13.5. The Balaban J connectivity index is 1.73. The average molecular weight is 447 g/mol. The second kappa shape index (κ2) is 7.51. The van der Waals surface area contributed by atoms with Crippen LogP contribution in [-0.2, 0) is 11.3 Å². The Labute approximate surface area is 171 Å². The Morgan fingerprint density at radius 3 is 2.93 bits per heavy atom. The quantitative estimate of drug-likeness (QED) is 0.628. The van der Waals surface area contributed by atoms with Crippen LogP contribution in [0.1, 0.15) is 24.5 Å². The molecule has 9 nitrogen and oxygen atoms in total. The van der Waals surface area contributed by atoms with E-state index in [1.807, 2.05) is 6.20 Å². The molecule has 1 fully saturated rings. The number of hydrogen-bond donors (Lipinski definition) is 2. The van der Waals surface area contributed by atoms with Crippen LogP contribution < -0.4 is 11.1 Å². The van der Waals surface area contributed by atoms with E-state index in [1.54, 1.807) is 40.6 Å². The van der Waals surface area contributed by atoms with Crippen molar-refractivity contribution in [1.29, 1.82) is 0 Å². The molecule has 3 N–H and O–H groups in total. The van der Waals surface area contributed by atoms with E-state index in [1.165, 1.54) is 0 Å². The Hall–Kier alpha value is -2.46. The van der Waals surface area contributed by atoms with Gasteiger partial charge in [-0.1, -0.05) is 0 Å². The molecule has 1 unspecified atom stereocenters. The topological polar surface area (TPSA) is 106 Å². The maximum atomic E-state index is 11.9. The Morgan fingerprint density at radius 2 is 2.21 bits per heavy atom. The zero-order chi connectivity index (χ0) is 19.8. The molecule has 4 heterocycles. The van der Waals surface area contributed by atoms with Crippen LogP contribution >= 0.6 is 15.9 Å². The molecule has 1 atom stereocenters. The second-order valence-electron chi connectivity index (χ2n) is 7.25. The number of rotatable bonds is 4. The van der Waals surface area contributed by atoms with E-state index in [4.69, 9.17) is 10.7 Å². The Morgan fingerprint density at radius 1 is 1.39 bits per heavy atom. The van der Waals surface area contributed by atoms with Crippen molar-refractivity contribution in [3.05, 3.63) is 28.8 Å². The molecular weight excluding hydrogens is 424 g/mol. The molecule has 28 heavy (non-hydrogen) atoms. The SMILES string of the molecule is CN(C)C(=O)Cn1cc(-c2cnn3c(N)c(Br)c(C4CCCNC4)nc23)cn1. The van der Waals surface area contributed by atoms with Crippen molar-refractivity contribution in [2.24, 2.45) is 0 Å². The molecule has 4 rings (SSSR count). The number of nitrogen functional groups attached to an aromatic ring is 1. The summed E-state index contributed by atoms with van der Waals surface area (Å²) in [4.78, 5) is 18.4. The van der Waals surface area contributed by atoms with Gasteiger partial charge in [0.05, 0.1) is 22.6 Å². The molecule has 3 aromatic rings. The number of carbonyl (C=O) groups is 1. The maximum Gasteiger partial charge on any atom is 0.243 e. The fourth-order valence-electron chi connectivity index (χ4n) is 3.44. The van der Waals surface area contributed by atoms with Crippen LogP contribution in [0.2, 0.25) is 0 Å². The molecular formula is C18H23BrN8O. The molecule has 0 spiro atoms. The summed E-state index contributed by atoms with van der Waals surface area (Å²) in [5.74, 6) is 0.818. The van der Waals surface area contributed by atoms with Gasteiger partial charge in [0.1, 0.15) is 12.4 Å². The highest BCUT2D eigenvalue weighted by Crippen LogP contribution is 2.34. The van der Waals surface area contributed by atoms with Crippen molar-refractivity contribution < 1.29 is 4.79 Å². The first kappa shape index (κ1) is 18.9. The first-order valence-corrected chi connectivity index (χ1v) is 10.0. The minimum atomic E-state index is -0.0205. The minimum absolute atomic E-state index is 0.0205. The van der Waals surface area contributed by atoms with Crippen LogP contribution in [0.5, 0.6) is 0 Å². The second-order valence-corrected chi connectivity index (χ2v) is 8.04. The largest absolute Gasteiger partial charge is 0.383 e. The lowest BCUT2D eigenvalue weighted by Crippen LogP contribution is -2.29. The van der Waals surface area contributed by atoms with E-state index < -0.39 is 0 Å². The van der Waals surface area contributed by atoms with Crippen LogP contribution in [0, 0.1) is 0 Å². The number of nitrogens with zero attached hydrogens (tertiary/aromatic N) is 6. The molecule has 10 heteroatoms. The van der Waals surface area contributed by atoms with Gasteiger partial charge in [0.15, 0.2) is 5.65 Å². The molecule has 1 aliphatic heterocycles. The van der Waals surface area contributed by atoms with Gasteiger partial charge in [-0.25, -0.2) is 4.98 Å². The summed E-state index contributed by atoms with van der Waals surface area (Å²) in [5.41, 5.74) is 9.68. The molecule has 1 amide bonds. The maximum absolute atomic E-state index is 11.9. The van der Waals surface area contributed by atoms with Crippen LogP contribution in [0.25, 0.3) is 16.8 Å². The zero-order valence-electron chi connectivity index (χ0n) is 15.9. The summed E-state index contributed by atoms with van der Waals surface area (Å²) < 4.78 is 4.06. The molecule has 3 aromatic heterocycles. The third-order valence-corrected chi connectivity index (χ3v) is 5.88.